The first-order chi connectivity index (χ1) is 10.8. The zero-order chi connectivity index (χ0) is 15.1. The number of benzene rings is 1. The molecule has 2 aliphatic heterocycles. The summed E-state index contributed by atoms with van der Waals surface area (Å²) in [6, 6.07) is 10.2. The fourth-order valence-electron chi connectivity index (χ4n) is 2.76. The Morgan fingerprint density at radius 3 is 2.73 bits per heavy atom. The van der Waals surface area contributed by atoms with Crippen LogP contribution in [0.25, 0.3) is 11.1 Å². The van der Waals surface area contributed by atoms with Crippen molar-refractivity contribution in [1.82, 2.24) is 10.0 Å². The van der Waals surface area contributed by atoms with Gasteiger partial charge in [-0.1, -0.05) is 30.3 Å². The molecule has 2 aromatic rings. The summed E-state index contributed by atoms with van der Waals surface area (Å²) >= 11 is 0. The smallest absolute Gasteiger partial charge is 0.177 e. The molecule has 0 atom stereocenters. The third-order valence-corrected chi connectivity index (χ3v) is 3.85. The van der Waals surface area contributed by atoms with Crippen LogP contribution in [-0.4, -0.2) is 23.8 Å². The summed E-state index contributed by atoms with van der Waals surface area (Å²) in [5.41, 5.74) is 4.08. The molecule has 4 rings (SSSR count). The van der Waals surface area contributed by atoms with E-state index in [1.807, 2.05) is 42.4 Å². The number of hydroxylamine groups is 2. The Balaban J connectivity index is 1.88. The lowest BCUT2D eigenvalue weighted by Crippen LogP contribution is -2.27. The lowest BCUT2D eigenvalue weighted by molar-refractivity contribution is -0.0790. The Hall–Kier alpha value is -2.73. The summed E-state index contributed by atoms with van der Waals surface area (Å²) in [7, 11) is 1.63. The molecule has 0 unspecified atom stereocenters. The molecular weight excluding hydrogens is 278 g/mol. The average Bonchev–Trinajstić information content (AvgIpc) is 2.99. The van der Waals surface area contributed by atoms with Gasteiger partial charge in [0.25, 0.3) is 0 Å². The van der Waals surface area contributed by atoms with E-state index in [0.717, 1.165) is 34.0 Å². The number of anilines is 1. The molecule has 1 aromatic heterocycles. The van der Waals surface area contributed by atoms with Crippen LogP contribution >= 0.6 is 0 Å². The van der Waals surface area contributed by atoms with E-state index in [9.17, 15) is 0 Å². The molecule has 6 nitrogen and oxygen atoms in total. The molecule has 0 N–H and O–H groups in total. The second kappa shape index (κ2) is 4.92. The van der Waals surface area contributed by atoms with Gasteiger partial charge in [0.1, 0.15) is 12.4 Å². The van der Waals surface area contributed by atoms with Gasteiger partial charge in [-0.25, -0.2) is 10.0 Å². The van der Waals surface area contributed by atoms with Gasteiger partial charge >= 0.3 is 0 Å². The highest BCUT2D eigenvalue weighted by molar-refractivity contribution is 5.86. The van der Waals surface area contributed by atoms with Gasteiger partial charge in [0.2, 0.25) is 0 Å². The van der Waals surface area contributed by atoms with Crippen LogP contribution in [0.4, 0.5) is 11.5 Å². The van der Waals surface area contributed by atoms with Gasteiger partial charge in [-0.2, -0.15) is 0 Å². The fourth-order valence-corrected chi connectivity index (χ4v) is 2.76. The summed E-state index contributed by atoms with van der Waals surface area (Å²) in [5, 5.41) is 10.4. The minimum Gasteiger partial charge on any atom is -0.285 e. The van der Waals surface area contributed by atoms with Crippen molar-refractivity contribution in [2.75, 3.05) is 18.7 Å². The largest absolute Gasteiger partial charge is 0.285 e. The van der Waals surface area contributed by atoms with Gasteiger partial charge in [0.05, 0.1) is 13.3 Å². The Labute approximate surface area is 128 Å². The van der Waals surface area contributed by atoms with Crippen molar-refractivity contribution < 1.29 is 4.84 Å². The van der Waals surface area contributed by atoms with E-state index < -0.39 is 0 Å². The van der Waals surface area contributed by atoms with Crippen molar-refractivity contribution in [2.24, 2.45) is 10.2 Å². The number of fused-ring (bicyclic) bond motifs is 3. The summed E-state index contributed by atoms with van der Waals surface area (Å²) in [6.07, 6.45) is 3.70. The average molecular weight is 293 g/mol. The lowest BCUT2D eigenvalue weighted by atomic mass is 10.00. The maximum atomic E-state index is 5.24. The molecule has 0 amide bonds. The molecule has 3 heterocycles. The highest BCUT2D eigenvalue weighted by Crippen LogP contribution is 2.44. The monoisotopic (exact) mass is 293 g/mol. The van der Waals surface area contributed by atoms with Gasteiger partial charge in [-0.3, -0.25) is 9.74 Å². The maximum absolute atomic E-state index is 5.24. The summed E-state index contributed by atoms with van der Waals surface area (Å²) in [5.74, 6) is 1.55. The van der Waals surface area contributed by atoms with Gasteiger partial charge in [0.15, 0.2) is 11.6 Å². The third kappa shape index (κ3) is 1.88. The van der Waals surface area contributed by atoms with Crippen LogP contribution in [0.2, 0.25) is 0 Å². The number of aromatic nitrogens is 1. The van der Waals surface area contributed by atoms with Crippen molar-refractivity contribution in [1.29, 1.82) is 0 Å². The van der Waals surface area contributed by atoms with Gasteiger partial charge in [0, 0.05) is 11.8 Å². The Morgan fingerprint density at radius 1 is 1.14 bits per heavy atom. The van der Waals surface area contributed by atoms with Crippen molar-refractivity contribution in [3.63, 3.8) is 0 Å². The number of hydrogen-bond acceptors (Lipinski definition) is 6. The van der Waals surface area contributed by atoms with Crippen molar-refractivity contribution in [2.45, 2.75) is 6.92 Å². The van der Waals surface area contributed by atoms with E-state index in [0.29, 0.717) is 6.67 Å². The highest BCUT2D eigenvalue weighted by atomic mass is 16.7. The number of rotatable bonds is 2. The minimum absolute atomic E-state index is 0.558. The number of aryl methyl sites for hydroxylation is 1. The van der Waals surface area contributed by atoms with Crippen molar-refractivity contribution >= 4 is 11.5 Å². The molecule has 0 radical (unpaired) electrons. The molecule has 2 aliphatic rings. The Morgan fingerprint density at radius 2 is 1.95 bits per heavy atom. The molecule has 22 heavy (non-hydrogen) atoms. The topological polar surface area (TPSA) is 53.3 Å². The van der Waals surface area contributed by atoms with Gasteiger partial charge in [-0.05, 0) is 18.1 Å². The van der Waals surface area contributed by atoms with Crippen LogP contribution in [0, 0.1) is 6.92 Å². The molecule has 1 aromatic carbocycles. The Kier molecular flexibility index (Phi) is 2.90. The van der Waals surface area contributed by atoms with Crippen LogP contribution in [0.1, 0.15) is 5.56 Å². The predicted molar refractivity (Wildman–Crippen MR) is 83.2 cm³/mol. The molecule has 0 saturated carbocycles. The first-order valence-corrected chi connectivity index (χ1v) is 7.05. The van der Waals surface area contributed by atoms with E-state index >= 15 is 0 Å². The van der Waals surface area contributed by atoms with Crippen LogP contribution in [-0.2, 0) is 4.84 Å². The fraction of sp³-hybridized carbons (Fsp3) is 0.188. The summed E-state index contributed by atoms with van der Waals surface area (Å²) in [4.78, 5) is 11.8. The first kappa shape index (κ1) is 13.0. The van der Waals surface area contributed by atoms with E-state index in [-0.39, 0.29) is 0 Å². The zero-order valence-electron chi connectivity index (χ0n) is 12.4. The molecule has 0 aliphatic carbocycles. The lowest BCUT2D eigenvalue weighted by Gasteiger charge is -2.25. The van der Waals surface area contributed by atoms with Crippen LogP contribution < -0.4 is 4.90 Å². The van der Waals surface area contributed by atoms with E-state index in [4.69, 9.17) is 4.84 Å². The van der Waals surface area contributed by atoms with E-state index in [2.05, 4.69) is 27.3 Å². The van der Waals surface area contributed by atoms with Crippen LogP contribution in [0.15, 0.2) is 58.8 Å². The van der Waals surface area contributed by atoms with E-state index in [1.165, 1.54) is 0 Å². The summed E-state index contributed by atoms with van der Waals surface area (Å²) < 4.78 is 0. The molecule has 110 valence electrons. The molecule has 0 fully saturated rings. The second-order valence-corrected chi connectivity index (χ2v) is 5.21. The highest BCUT2D eigenvalue weighted by Gasteiger charge is 2.30. The number of azo groups is 1. The molecule has 0 spiro atoms. The summed E-state index contributed by atoms with van der Waals surface area (Å²) in [6.45, 7) is 2.60. The van der Waals surface area contributed by atoms with Crippen molar-refractivity contribution in [3.05, 3.63) is 54.1 Å². The zero-order valence-corrected chi connectivity index (χ0v) is 12.4. The normalized spacial score (nSPS) is 15.6. The van der Waals surface area contributed by atoms with Crippen LogP contribution in [0.3, 0.4) is 0 Å². The standard InChI is InChI=1S/C16H15N5O/c1-11-8-17-16-15(14(11)12-6-4-3-5-7-12)19-18-13-9-20(22-2)10-21(13)16/h3-9H,10H2,1-2H3. The molecule has 0 saturated heterocycles. The first-order valence-electron chi connectivity index (χ1n) is 7.05. The number of hydrogen-bond donors (Lipinski definition) is 0. The minimum atomic E-state index is 0.558. The Bertz CT molecular complexity index is 785. The number of pyridine rings is 1. The second-order valence-electron chi connectivity index (χ2n) is 5.21. The molecule has 6 heteroatoms. The predicted octanol–water partition coefficient (Wildman–Crippen LogP) is 3.59. The quantitative estimate of drug-likeness (QED) is 0.849. The molecule has 0 bridgehead atoms. The SMILES string of the molecule is CON1C=C2N=Nc3c(ncc(C)c3-c3ccccc3)N2C1. The third-order valence-electron chi connectivity index (χ3n) is 3.85. The van der Waals surface area contributed by atoms with Crippen molar-refractivity contribution in [3.8, 4) is 11.1 Å². The molecular formula is C16H15N5O. The van der Waals surface area contributed by atoms with Crippen LogP contribution in [0.5, 0.6) is 0 Å². The van der Waals surface area contributed by atoms with Gasteiger partial charge < -0.3 is 0 Å². The van der Waals surface area contributed by atoms with E-state index in [1.54, 1.807) is 12.2 Å². The maximum Gasteiger partial charge on any atom is 0.177 e. The van der Waals surface area contributed by atoms with Gasteiger partial charge in [-0.15, -0.1) is 10.2 Å². The number of nitrogens with zero attached hydrogens (tertiary/aromatic N) is 5.